The molecular weight excluding hydrogens is 354 g/mol. The fourth-order valence-corrected chi connectivity index (χ4v) is 3.81. The predicted molar refractivity (Wildman–Crippen MR) is 107 cm³/mol. The third-order valence-electron chi connectivity index (χ3n) is 5.25. The summed E-state index contributed by atoms with van der Waals surface area (Å²) in [6.07, 6.45) is 2.87. The van der Waals surface area contributed by atoms with Gasteiger partial charge in [0.15, 0.2) is 0 Å². The maximum Gasteiger partial charge on any atom is 0.255 e. The Labute approximate surface area is 164 Å². The van der Waals surface area contributed by atoms with Gasteiger partial charge in [0, 0.05) is 38.0 Å². The van der Waals surface area contributed by atoms with Crippen LogP contribution in [0.25, 0.3) is 0 Å². The van der Waals surface area contributed by atoms with E-state index in [1.165, 1.54) is 0 Å². The van der Waals surface area contributed by atoms with Crippen molar-refractivity contribution in [3.63, 3.8) is 0 Å². The Morgan fingerprint density at radius 3 is 2.46 bits per heavy atom. The highest BCUT2D eigenvalue weighted by molar-refractivity contribution is 6.08. The maximum atomic E-state index is 12.8. The summed E-state index contributed by atoms with van der Waals surface area (Å²) in [5, 5.41) is 2.94. The van der Waals surface area contributed by atoms with Crippen LogP contribution in [-0.4, -0.2) is 35.7 Å². The maximum absolute atomic E-state index is 12.8. The van der Waals surface area contributed by atoms with Crippen molar-refractivity contribution in [3.05, 3.63) is 59.7 Å². The molecule has 2 aromatic carbocycles. The van der Waals surface area contributed by atoms with Crippen molar-refractivity contribution in [1.82, 2.24) is 4.90 Å². The lowest BCUT2D eigenvalue weighted by Gasteiger charge is -2.20. The van der Waals surface area contributed by atoms with Crippen LogP contribution in [0.5, 0.6) is 0 Å². The number of para-hydroxylation sites is 2. The molecule has 0 aliphatic carbocycles. The summed E-state index contributed by atoms with van der Waals surface area (Å²) < 4.78 is 0. The molecule has 0 atom stereocenters. The van der Waals surface area contributed by atoms with Crippen LogP contribution in [0.4, 0.5) is 11.4 Å². The SMILES string of the molecule is O=C(Nc1ccccc1N1CCCC1=O)c1cccc(CN2CCCC2=O)c1. The van der Waals surface area contributed by atoms with Crippen molar-refractivity contribution < 1.29 is 14.4 Å². The normalized spacial score (nSPS) is 16.7. The molecule has 6 heteroatoms. The van der Waals surface area contributed by atoms with Crippen molar-refractivity contribution in [1.29, 1.82) is 0 Å². The molecule has 2 saturated heterocycles. The first kappa shape index (κ1) is 18.2. The van der Waals surface area contributed by atoms with Crippen LogP contribution in [0, 0.1) is 0 Å². The van der Waals surface area contributed by atoms with E-state index >= 15 is 0 Å². The van der Waals surface area contributed by atoms with Crippen LogP contribution < -0.4 is 10.2 Å². The van der Waals surface area contributed by atoms with E-state index < -0.39 is 0 Å². The van der Waals surface area contributed by atoms with Crippen molar-refractivity contribution >= 4 is 29.1 Å². The van der Waals surface area contributed by atoms with Crippen LogP contribution >= 0.6 is 0 Å². The van der Waals surface area contributed by atoms with Gasteiger partial charge in [0.2, 0.25) is 11.8 Å². The number of benzene rings is 2. The Balaban J connectivity index is 1.51. The summed E-state index contributed by atoms with van der Waals surface area (Å²) in [6, 6.07) is 14.7. The number of likely N-dealkylation sites (tertiary alicyclic amines) is 1. The van der Waals surface area contributed by atoms with E-state index in [-0.39, 0.29) is 17.7 Å². The number of carbonyl (C=O) groups is 3. The summed E-state index contributed by atoms with van der Waals surface area (Å²) in [6.45, 7) is 1.97. The average molecular weight is 377 g/mol. The van der Waals surface area contributed by atoms with Gasteiger partial charge in [0.25, 0.3) is 5.91 Å². The zero-order chi connectivity index (χ0) is 19.5. The highest BCUT2D eigenvalue weighted by Crippen LogP contribution is 2.29. The minimum absolute atomic E-state index is 0.0824. The summed E-state index contributed by atoms with van der Waals surface area (Å²) in [7, 11) is 0. The zero-order valence-corrected chi connectivity index (χ0v) is 15.7. The fourth-order valence-electron chi connectivity index (χ4n) is 3.81. The van der Waals surface area contributed by atoms with E-state index in [1.807, 2.05) is 47.4 Å². The Morgan fingerprint density at radius 1 is 0.929 bits per heavy atom. The van der Waals surface area contributed by atoms with Crippen LogP contribution in [0.15, 0.2) is 48.5 Å². The van der Waals surface area contributed by atoms with Gasteiger partial charge in [-0.2, -0.15) is 0 Å². The molecule has 0 aromatic heterocycles. The summed E-state index contributed by atoms with van der Waals surface area (Å²) in [4.78, 5) is 40.3. The Bertz CT molecular complexity index is 925. The molecule has 28 heavy (non-hydrogen) atoms. The largest absolute Gasteiger partial charge is 0.338 e. The number of nitrogens with one attached hydrogen (secondary N) is 1. The molecule has 2 aliphatic rings. The number of hydrogen-bond acceptors (Lipinski definition) is 3. The molecule has 0 radical (unpaired) electrons. The first-order chi connectivity index (χ1) is 13.6. The van der Waals surface area contributed by atoms with Crippen LogP contribution in [0.1, 0.15) is 41.6 Å². The summed E-state index contributed by atoms with van der Waals surface area (Å²) in [5.41, 5.74) is 2.83. The van der Waals surface area contributed by atoms with Gasteiger partial charge in [-0.15, -0.1) is 0 Å². The Hall–Kier alpha value is -3.15. The standard InChI is InChI=1S/C22H23N3O3/c26-20-10-4-12-24(20)15-16-6-3-7-17(14-16)22(28)23-18-8-1-2-9-19(18)25-13-5-11-21(25)27/h1-3,6-9,14H,4-5,10-13,15H2,(H,23,28). The molecule has 0 bridgehead atoms. The molecule has 6 nitrogen and oxygen atoms in total. The van der Waals surface area contributed by atoms with Crippen LogP contribution in [0.2, 0.25) is 0 Å². The second-order valence-corrected chi connectivity index (χ2v) is 7.24. The van der Waals surface area contributed by atoms with Crippen molar-refractivity contribution in [3.8, 4) is 0 Å². The average Bonchev–Trinajstić information content (AvgIpc) is 3.31. The smallest absolute Gasteiger partial charge is 0.255 e. The van der Waals surface area contributed by atoms with Gasteiger partial charge >= 0.3 is 0 Å². The van der Waals surface area contributed by atoms with E-state index in [4.69, 9.17) is 0 Å². The van der Waals surface area contributed by atoms with E-state index in [1.54, 1.807) is 11.0 Å². The highest BCUT2D eigenvalue weighted by atomic mass is 16.2. The van der Waals surface area contributed by atoms with E-state index in [2.05, 4.69) is 5.32 Å². The molecule has 144 valence electrons. The molecule has 3 amide bonds. The molecule has 4 rings (SSSR count). The van der Waals surface area contributed by atoms with Gasteiger partial charge in [-0.3, -0.25) is 14.4 Å². The predicted octanol–water partition coefficient (Wildman–Crippen LogP) is 3.19. The summed E-state index contributed by atoms with van der Waals surface area (Å²) >= 11 is 0. The highest BCUT2D eigenvalue weighted by Gasteiger charge is 2.24. The Morgan fingerprint density at radius 2 is 1.71 bits per heavy atom. The van der Waals surface area contributed by atoms with Gasteiger partial charge in [0.1, 0.15) is 0 Å². The second-order valence-electron chi connectivity index (χ2n) is 7.24. The number of carbonyl (C=O) groups excluding carboxylic acids is 3. The Kier molecular flexibility index (Phi) is 5.10. The number of rotatable bonds is 5. The van der Waals surface area contributed by atoms with Gasteiger partial charge in [0.05, 0.1) is 11.4 Å². The second kappa shape index (κ2) is 7.84. The van der Waals surface area contributed by atoms with Gasteiger partial charge in [-0.25, -0.2) is 0 Å². The van der Waals surface area contributed by atoms with Gasteiger partial charge in [-0.05, 0) is 42.7 Å². The molecule has 2 fully saturated rings. The van der Waals surface area contributed by atoms with Crippen molar-refractivity contribution in [2.24, 2.45) is 0 Å². The third-order valence-corrected chi connectivity index (χ3v) is 5.25. The molecule has 0 saturated carbocycles. The lowest BCUT2D eigenvalue weighted by molar-refractivity contribution is -0.128. The third kappa shape index (κ3) is 3.76. The number of amides is 3. The zero-order valence-electron chi connectivity index (χ0n) is 15.7. The van der Waals surface area contributed by atoms with E-state index in [0.29, 0.717) is 37.2 Å². The first-order valence-corrected chi connectivity index (χ1v) is 9.69. The lowest BCUT2D eigenvalue weighted by Crippen LogP contribution is -2.26. The van der Waals surface area contributed by atoms with Gasteiger partial charge < -0.3 is 15.1 Å². The lowest BCUT2D eigenvalue weighted by atomic mass is 10.1. The molecule has 2 aromatic rings. The molecule has 2 aliphatic heterocycles. The number of nitrogens with zero attached hydrogens (tertiary/aromatic N) is 2. The van der Waals surface area contributed by atoms with Gasteiger partial charge in [-0.1, -0.05) is 24.3 Å². The topological polar surface area (TPSA) is 69.7 Å². The molecule has 1 N–H and O–H groups in total. The monoisotopic (exact) mass is 377 g/mol. The number of hydrogen-bond donors (Lipinski definition) is 1. The molecular formula is C22H23N3O3. The summed E-state index contributed by atoms with van der Waals surface area (Å²) in [5.74, 6) is 0.0201. The van der Waals surface area contributed by atoms with Crippen molar-refractivity contribution in [2.45, 2.75) is 32.2 Å². The molecule has 2 heterocycles. The minimum Gasteiger partial charge on any atom is -0.338 e. The van der Waals surface area contributed by atoms with Crippen LogP contribution in [-0.2, 0) is 16.1 Å². The molecule has 0 unspecified atom stereocenters. The fraction of sp³-hybridized carbons (Fsp3) is 0.318. The van der Waals surface area contributed by atoms with E-state index in [0.717, 1.165) is 30.6 Å². The number of anilines is 2. The van der Waals surface area contributed by atoms with E-state index in [9.17, 15) is 14.4 Å². The minimum atomic E-state index is -0.228. The van der Waals surface area contributed by atoms with Crippen LogP contribution in [0.3, 0.4) is 0 Å². The molecule has 0 spiro atoms. The van der Waals surface area contributed by atoms with Crippen molar-refractivity contribution in [2.75, 3.05) is 23.3 Å². The quantitative estimate of drug-likeness (QED) is 0.870. The first-order valence-electron chi connectivity index (χ1n) is 9.69.